The molecule has 1 aliphatic rings. The average molecular weight is 424 g/mol. The Morgan fingerprint density at radius 3 is 2.32 bits per heavy atom. The zero-order valence-corrected chi connectivity index (χ0v) is 17.7. The minimum Gasteiger partial charge on any atom is -0.493 e. The van der Waals surface area contributed by atoms with E-state index >= 15 is 0 Å². The Kier molecular flexibility index (Phi) is 5.41. The number of carbonyl (C=O) groups excluding carboxylic acids is 1. The van der Waals surface area contributed by atoms with Gasteiger partial charge in [0.1, 0.15) is 0 Å². The first-order valence-electron chi connectivity index (χ1n) is 9.92. The van der Waals surface area contributed by atoms with Crippen molar-refractivity contribution in [2.45, 2.75) is 0 Å². The van der Waals surface area contributed by atoms with Crippen LogP contribution < -0.4 is 25.6 Å². The molecule has 0 aliphatic carbocycles. The van der Waals surface area contributed by atoms with Crippen LogP contribution >= 0.6 is 0 Å². The molecular weight excluding hydrogens is 400 g/mol. The van der Waals surface area contributed by atoms with E-state index in [9.17, 15) is 14.4 Å². The van der Waals surface area contributed by atoms with Crippen LogP contribution in [0.3, 0.4) is 0 Å². The standard InChI is InChI=1S/C22H24N4O5/c1-24-21(28)16-13-15(5-6-17(16)23-22(24)29)25-8-10-26(11-9-25)20(27)14-4-7-18(30-2)19(12-14)31-3/h4-7,12-13H,8-11H2,1-3H3,(H,23,29). The van der Waals surface area contributed by atoms with Gasteiger partial charge in [-0.15, -0.1) is 0 Å². The second-order valence-corrected chi connectivity index (χ2v) is 7.37. The average Bonchev–Trinajstić information content (AvgIpc) is 2.81. The maximum atomic E-state index is 12.9. The monoisotopic (exact) mass is 424 g/mol. The van der Waals surface area contributed by atoms with Crippen LogP contribution in [0.15, 0.2) is 46.0 Å². The molecule has 0 saturated carbocycles. The molecule has 1 amide bonds. The van der Waals surface area contributed by atoms with Gasteiger partial charge < -0.3 is 24.3 Å². The second-order valence-electron chi connectivity index (χ2n) is 7.37. The molecule has 2 aromatic carbocycles. The number of methoxy groups -OCH3 is 2. The van der Waals surface area contributed by atoms with Crippen LogP contribution in [0.25, 0.3) is 10.9 Å². The number of hydrogen-bond donors (Lipinski definition) is 1. The maximum Gasteiger partial charge on any atom is 0.328 e. The van der Waals surface area contributed by atoms with Crippen LogP contribution in [-0.4, -0.2) is 60.8 Å². The van der Waals surface area contributed by atoms with Crippen molar-refractivity contribution in [2.24, 2.45) is 7.05 Å². The van der Waals surface area contributed by atoms with Crippen molar-refractivity contribution < 1.29 is 14.3 Å². The molecule has 4 rings (SSSR count). The first kappa shape index (κ1) is 20.5. The number of anilines is 1. The Morgan fingerprint density at radius 1 is 0.935 bits per heavy atom. The van der Waals surface area contributed by atoms with Gasteiger partial charge in [-0.05, 0) is 36.4 Å². The van der Waals surface area contributed by atoms with Crippen LogP contribution in [0.4, 0.5) is 5.69 Å². The number of amides is 1. The lowest BCUT2D eigenvalue weighted by Gasteiger charge is -2.36. The quantitative estimate of drug-likeness (QED) is 0.676. The Bertz CT molecular complexity index is 1250. The summed E-state index contributed by atoms with van der Waals surface area (Å²) >= 11 is 0. The lowest BCUT2D eigenvalue weighted by molar-refractivity contribution is 0.0746. The van der Waals surface area contributed by atoms with Gasteiger partial charge in [0.2, 0.25) is 0 Å². The van der Waals surface area contributed by atoms with Gasteiger partial charge in [0.15, 0.2) is 11.5 Å². The van der Waals surface area contributed by atoms with Gasteiger partial charge in [0, 0.05) is 44.5 Å². The lowest BCUT2D eigenvalue weighted by Crippen LogP contribution is -2.48. The van der Waals surface area contributed by atoms with Crippen molar-refractivity contribution in [1.29, 1.82) is 0 Å². The van der Waals surface area contributed by atoms with Gasteiger partial charge >= 0.3 is 5.69 Å². The molecule has 1 saturated heterocycles. The molecule has 3 aromatic rings. The van der Waals surface area contributed by atoms with Gasteiger partial charge in [-0.25, -0.2) is 4.79 Å². The molecular formula is C22H24N4O5. The molecule has 0 radical (unpaired) electrons. The van der Waals surface area contributed by atoms with Crippen molar-refractivity contribution in [3.8, 4) is 11.5 Å². The fourth-order valence-corrected chi connectivity index (χ4v) is 3.81. The van der Waals surface area contributed by atoms with Crippen molar-refractivity contribution in [3.63, 3.8) is 0 Å². The van der Waals surface area contributed by atoms with E-state index in [-0.39, 0.29) is 11.5 Å². The molecule has 2 heterocycles. The fraction of sp³-hybridized carbons (Fsp3) is 0.318. The van der Waals surface area contributed by atoms with E-state index in [1.807, 2.05) is 6.07 Å². The van der Waals surface area contributed by atoms with Crippen molar-refractivity contribution in [2.75, 3.05) is 45.3 Å². The molecule has 9 nitrogen and oxygen atoms in total. The van der Waals surface area contributed by atoms with E-state index in [1.54, 1.807) is 42.3 Å². The number of rotatable bonds is 4. The number of nitrogens with zero attached hydrogens (tertiary/aromatic N) is 3. The minimum atomic E-state index is -0.437. The number of benzene rings is 2. The lowest BCUT2D eigenvalue weighted by atomic mass is 10.1. The van der Waals surface area contributed by atoms with Crippen LogP contribution in [0.1, 0.15) is 10.4 Å². The van der Waals surface area contributed by atoms with Gasteiger partial charge in [-0.3, -0.25) is 14.2 Å². The highest BCUT2D eigenvalue weighted by atomic mass is 16.5. The predicted octanol–water partition coefficient (Wildman–Crippen LogP) is 1.21. The summed E-state index contributed by atoms with van der Waals surface area (Å²) in [7, 11) is 4.54. The molecule has 0 unspecified atom stereocenters. The minimum absolute atomic E-state index is 0.0643. The number of H-pyrrole nitrogens is 1. The highest BCUT2D eigenvalue weighted by molar-refractivity contribution is 5.95. The van der Waals surface area contributed by atoms with Crippen LogP contribution in [-0.2, 0) is 7.05 Å². The Labute approximate surface area is 178 Å². The molecule has 9 heteroatoms. The molecule has 31 heavy (non-hydrogen) atoms. The summed E-state index contributed by atoms with van der Waals surface area (Å²) in [5, 5.41) is 0.462. The normalized spacial score (nSPS) is 14.0. The third-order valence-electron chi connectivity index (χ3n) is 5.65. The van der Waals surface area contributed by atoms with Crippen molar-refractivity contribution in [1.82, 2.24) is 14.5 Å². The van der Waals surface area contributed by atoms with Crippen molar-refractivity contribution in [3.05, 3.63) is 62.8 Å². The number of ether oxygens (including phenoxy) is 2. The molecule has 0 spiro atoms. The SMILES string of the molecule is COc1ccc(C(=O)N2CCN(c3ccc4[nH]c(=O)n(C)c(=O)c4c3)CC2)cc1OC. The first-order chi connectivity index (χ1) is 14.9. The molecule has 1 aromatic heterocycles. The topological polar surface area (TPSA) is 96.9 Å². The number of aromatic nitrogens is 2. The summed E-state index contributed by atoms with van der Waals surface area (Å²) in [4.78, 5) is 43.8. The third-order valence-corrected chi connectivity index (χ3v) is 5.65. The summed E-state index contributed by atoms with van der Waals surface area (Å²) in [6.07, 6.45) is 0. The Hall–Kier alpha value is -3.75. The van der Waals surface area contributed by atoms with Gasteiger partial charge in [0.05, 0.1) is 25.1 Å². The number of nitrogens with one attached hydrogen (secondary N) is 1. The highest BCUT2D eigenvalue weighted by Gasteiger charge is 2.23. The molecule has 0 atom stereocenters. The third kappa shape index (κ3) is 3.74. The number of hydrogen-bond acceptors (Lipinski definition) is 6. The summed E-state index contributed by atoms with van der Waals surface area (Å²) in [6.45, 7) is 2.37. The molecule has 1 aliphatic heterocycles. The van der Waals surface area contributed by atoms with E-state index in [1.165, 1.54) is 14.2 Å². The van der Waals surface area contributed by atoms with Gasteiger partial charge in [-0.1, -0.05) is 0 Å². The van der Waals surface area contributed by atoms with Crippen LogP contribution in [0.2, 0.25) is 0 Å². The molecule has 0 bridgehead atoms. The van der Waals surface area contributed by atoms with Gasteiger partial charge in [-0.2, -0.15) is 0 Å². The summed E-state index contributed by atoms with van der Waals surface area (Å²) in [5.74, 6) is 1.03. The number of piperazine rings is 1. The largest absolute Gasteiger partial charge is 0.493 e. The number of aromatic amines is 1. The Balaban J connectivity index is 1.50. The predicted molar refractivity (Wildman–Crippen MR) is 117 cm³/mol. The summed E-state index contributed by atoms with van der Waals surface area (Å²) in [5.41, 5.74) is 1.17. The van der Waals surface area contributed by atoms with Crippen LogP contribution in [0.5, 0.6) is 11.5 Å². The van der Waals surface area contributed by atoms with Crippen LogP contribution in [0, 0.1) is 0 Å². The zero-order valence-electron chi connectivity index (χ0n) is 17.7. The highest BCUT2D eigenvalue weighted by Crippen LogP contribution is 2.28. The van der Waals surface area contributed by atoms with Crippen molar-refractivity contribution >= 4 is 22.5 Å². The maximum absolute atomic E-state index is 12.9. The van der Waals surface area contributed by atoms with E-state index in [0.717, 1.165) is 10.3 Å². The first-order valence-corrected chi connectivity index (χ1v) is 9.92. The van der Waals surface area contributed by atoms with E-state index < -0.39 is 5.69 Å². The zero-order chi connectivity index (χ0) is 22.1. The van der Waals surface area contributed by atoms with E-state index in [2.05, 4.69) is 9.88 Å². The fourth-order valence-electron chi connectivity index (χ4n) is 3.81. The summed E-state index contributed by atoms with van der Waals surface area (Å²) in [6, 6.07) is 10.6. The van der Waals surface area contributed by atoms with Gasteiger partial charge in [0.25, 0.3) is 11.5 Å². The molecule has 1 N–H and O–H groups in total. The molecule has 162 valence electrons. The second kappa shape index (κ2) is 8.17. The van der Waals surface area contributed by atoms with E-state index in [0.29, 0.717) is 54.1 Å². The molecule has 1 fully saturated rings. The smallest absolute Gasteiger partial charge is 0.328 e. The number of fused-ring (bicyclic) bond motifs is 1. The number of carbonyl (C=O) groups is 1. The Morgan fingerprint density at radius 2 is 1.65 bits per heavy atom. The summed E-state index contributed by atoms with van der Waals surface area (Å²) < 4.78 is 11.6. The van der Waals surface area contributed by atoms with E-state index in [4.69, 9.17) is 9.47 Å².